The molecule has 2 aromatic rings. The summed E-state index contributed by atoms with van der Waals surface area (Å²) >= 11 is 0. The molecule has 0 radical (unpaired) electrons. The lowest BCUT2D eigenvalue weighted by atomic mass is 10.1. The number of aryl methyl sites for hydroxylation is 1. The summed E-state index contributed by atoms with van der Waals surface area (Å²) in [6.45, 7) is 6.37. The lowest BCUT2D eigenvalue weighted by Crippen LogP contribution is -2.44. The maximum atomic E-state index is 12.3. The van der Waals surface area contributed by atoms with E-state index in [1.54, 1.807) is 24.7 Å². The molecule has 0 aromatic carbocycles. The smallest absolute Gasteiger partial charge is 0.307 e. The molecule has 0 saturated heterocycles. The van der Waals surface area contributed by atoms with Crippen molar-refractivity contribution in [2.24, 2.45) is 0 Å². The summed E-state index contributed by atoms with van der Waals surface area (Å²) in [4.78, 5) is 22.5. The lowest BCUT2D eigenvalue weighted by molar-refractivity contribution is -0.385. The van der Waals surface area contributed by atoms with Gasteiger partial charge in [0, 0.05) is 24.8 Å². The molecule has 2 aromatic heterocycles. The largest absolute Gasteiger partial charge is 0.350 e. The maximum absolute atomic E-state index is 12.3. The fourth-order valence-corrected chi connectivity index (χ4v) is 1.89. The molecule has 118 valence electrons. The Morgan fingerprint density at radius 3 is 2.64 bits per heavy atom. The standard InChI is InChI=1S/C13H18N6O3/c1-4-17-8-10(6-15-17)5-14-12(20)13(2,3)18-9-11(7-16-18)19(21)22/h6-9H,4-5H2,1-3H3,(H,14,20). The van der Waals surface area contributed by atoms with Crippen molar-refractivity contribution in [3.63, 3.8) is 0 Å². The molecule has 9 heteroatoms. The van der Waals surface area contributed by atoms with E-state index in [4.69, 9.17) is 0 Å². The second-order valence-corrected chi connectivity index (χ2v) is 5.35. The Morgan fingerprint density at radius 1 is 1.36 bits per heavy atom. The number of hydrogen-bond acceptors (Lipinski definition) is 5. The Balaban J connectivity index is 2.04. The minimum absolute atomic E-state index is 0.148. The monoisotopic (exact) mass is 306 g/mol. The molecule has 1 N–H and O–H groups in total. The van der Waals surface area contributed by atoms with E-state index in [9.17, 15) is 14.9 Å². The fourth-order valence-electron chi connectivity index (χ4n) is 1.89. The number of carbonyl (C=O) groups excluding carboxylic acids is 1. The summed E-state index contributed by atoms with van der Waals surface area (Å²) in [5.74, 6) is -0.283. The van der Waals surface area contributed by atoms with Gasteiger partial charge < -0.3 is 5.32 Å². The molecule has 2 heterocycles. The molecule has 0 aliphatic rings. The van der Waals surface area contributed by atoms with Gasteiger partial charge >= 0.3 is 5.69 Å². The van der Waals surface area contributed by atoms with Gasteiger partial charge in [-0.3, -0.25) is 24.3 Å². The highest BCUT2D eigenvalue weighted by atomic mass is 16.6. The van der Waals surface area contributed by atoms with Gasteiger partial charge in [0.05, 0.1) is 11.1 Å². The molecule has 0 aliphatic carbocycles. The van der Waals surface area contributed by atoms with E-state index in [0.29, 0.717) is 6.54 Å². The van der Waals surface area contributed by atoms with E-state index >= 15 is 0 Å². The predicted octanol–water partition coefficient (Wildman–Crippen LogP) is 1.06. The van der Waals surface area contributed by atoms with E-state index in [2.05, 4.69) is 15.5 Å². The number of aromatic nitrogens is 4. The Kier molecular flexibility index (Phi) is 4.25. The minimum atomic E-state index is -1.03. The Hall–Kier alpha value is -2.71. The molecular formula is C13H18N6O3. The van der Waals surface area contributed by atoms with Gasteiger partial charge in [-0.05, 0) is 20.8 Å². The van der Waals surface area contributed by atoms with E-state index in [1.165, 1.54) is 10.9 Å². The number of nitrogens with zero attached hydrogens (tertiary/aromatic N) is 5. The summed E-state index contributed by atoms with van der Waals surface area (Å²) in [5.41, 5.74) is -0.294. The normalized spacial score (nSPS) is 11.4. The van der Waals surface area contributed by atoms with Crippen LogP contribution in [0.15, 0.2) is 24.8 Å². The molecule has 1 amide bonds. The van der Waals surface area contributed by atoms with Crippen LogP contribution < -0.4 is 5.32 Å². The van der Waals surface area contributed by atoms with Crippen molar-refractivity contribution in [2.75, 3.05) is 0 Å². The molecule has 0 bridgehead atoms. The number of carbonyl (C=O) groups is 1. The number of nitro groups is 1. The Morgan fingerprint density at radius 2 is 2.09 bits per heavy atom. The third-order valence-electron chi connectivity index (χ3n) is 3.37. The summed E-state index contributed by atoms with van der Waals surface area (Å²) in [5, 5.41) is 21.5. The molecular weight excluding hydrogens is 288 g/mol. The molecule has 9 nitrogen and oxygen atoms in total. The summed E-state index contributed by atoms with van der Waals surface area (Å²) in [6, 6.07) is 0. The van der Waals surface area contributed by atoms with Gasteiger partial charge in [-0.25, -0.2) is 0 Å². The van der Waals surface area contributed by atoms with E-state index in [1.807, 2.05) is 13.1 Å². The second-order valence-electron chi connectivity index (χ2n) is 5.35. The number of nitrogens with one attached hydrogen (secondary N) is 1. The second kappa shape index (κ2) is 5.96. The number of hydrogen-bond donors (Lipinski definition) is 1. The number of rotatable bonds is 6. The van der Waals surface area contributed by atoms with Crippen molar-refractivity contribution < 1.29 is 9.72 Å². The van der Waals surface area contributed by atoms with Crippen LogP contribution in [-0.2, 0) is 23.4 Å². The van der Waals surface area contributed by atoms with Crippen molar-refractivity contribution in [2.45, 2.75) is 39.4 Å². The van der Waals surface area contributed by atoms with E-state index in [0.717, 1.165) is 18.3 Å². The Labute approximate surface area is 127 Å². The van der Waals surface area contributed by atoms with Crippen LogP contribution >= 0.6 is 0 Å². The highest BCUT2D eigenvalue weighted by Gasteiger charge is 2.31. The lowest BCUT2D eigenvalue weighted by Gasteiger charge is -2.23. The van der Waals surface area contributed by atoms with Gasteiger partial charge in [-0.2, -0.15) is 10.2 Å². The van der Waals surface area contributed by atoms with Crippen LogP contribution in [0.3, 0.4) is 0 Å². The first kappa shape index (κ1) is 15.7. The fraction of sp³-hybridized carbons (Fsp3) is 0.462. The zero-order chi connectivity index (χ0) is 16.3. The van der Waals surface area contributed by atoms with E-state index in [-0.39, 0.29) is 11.6 Å². The van der Waals surface area contributed by atoms with Gasteiger partial charge in [0.25, 0.3) is 0 Å². The van der Waals surface area contributed by atoms with Gasteiger partial charge in [0.2, 0.25) is 5.91 Å². The van der Waals surface area contributed by atoms with Crippen LogP contribution in [0.2, 0.25) is 0 Å². The topological polar surface area (TPSA) is 108 Å². The van der Waals surface area contributed by atoms with Gasteiger partial charge in [-0.15, -0.1) is 0 Å². The zero-order valence-corrected chi connectivity index (χ0v) is 12.7. The molecule has 0 atom stereocenters. The predicted molar refractivity (Wildman–Crippen MR) is 78.0 cm³/mol. The zero-order valence-electron chi connectivity index (χ0n) is 12.7. The summed E-state index contributed by atoms with van der Waals surface area (Å²) < 4.78 is 3.05. The quantitative estimate of drug-likeness (QED) is 0.634. The van der Waals surface area contributed by atoms with Crippen LogP contribution in [0.25, 0.3) is 0 Å². The van der Waals surface area contributed by atoms with Crippen LogP contribution in [0.5, 0.6) is 0 Å². The SMILES string of the molecule is CCn1cc(CNC(=O)C(C)(C)n2cc([N+](=O)[O-])cn2)cn1. The van der Waals surface area contributed by atoms with Crippen LogP contribution in [0.1, 0.15) is 26.3 Å². The van der Waals surface area contributed by atoms with E-state index < -0.39 is 10.5 Å². The summed E-state index contributed by atoms with van der Waals surface area (Å²) in [6.07, 6.45) is 5.91. The average molecular weight is 306 g/mol. The van der Waals surface area contributed by atoms with Gasteiger partial charge in [-0.1, -0.05) is 0 Å². The third kappa shape index (κ3) is 3.13. The molecule has 2 rings (SSSR count). The molecule has 0 saturated carbocycles. The van der Waals surface area contributed by atoms with Crippen molar-refractivity contribution >= 4 is 11.6 Å². The van der Waals surface area contributed by atoms with Crippen molar-refractivity contribution in [3.05, 3.63) is 40.5 Å². The molecule has 22 heavy (non-hydrogen) atoms. The van der Waals surface area contributed by atoms with Crippen molar-refractivity contribution in [3.8, 4) is 0 Å². The summed E-state index contributed by atoms with van der Waals surface area (Å²) in [7, 11) is 0. The van der Waals surface area contributed by atoms with Gasteiger partial charge in [0.15, 0.2) is 0 Å². The first-order chi connectivity index (χ1) is 10.3. The molecule has 0 spiro atoms. The first-order valence-electron chi connectivity index (χ1n) is 6.83. The Bertz CT molecular complexity index is 688. The minimum Gasteiger partial charge on any atom is -0.350 e. The molecule has 0 unspecified atom stereocenters. The van der Waals surface area contributed by atoms with Crippen molar-refractivity contribution in [1.29, 1.82) is 0 Å². The third-order valence-corrected chi connectivity index (χ3v) is 3.37. The molecule has 0 aliphatic heterocycles. The highest BCUT2D eigenvalue weighted by Crippen LogP contribution is 2.18. The number of amides is 1. The molecule has 0 fully saturated rings. The maximum Gasteiger partial charge on any atom is 0.307 e. The van der Waals surface area contributed by atoms with Crippen LogP contribution in [0.4, 0.5) is 5.69 Å². The highest BCUT2D eigenvalue weighted by molar-refractivity contribution is 5.83. The average Bonchev–Trinajstić information content (AvgIpc) is 3.13. The van der Waals surface area contributed by atoms with Crippen LogP contribution in [0, 0.1) is 10.1 Å². The van der Waals surface area contributed by atoms with Gasteiger partial charge in [0.1, 0.15) is 17.9 Å². The van der Waals surface area contributed by atoms with Crippen LogP contribution in [-0.4, -0.2) is 30.4 Å². The first-order valence-corrected chi connectivity index (χ1v) is 6.83. The van der Waals surface area contributed by atoms with Crippen molar-refractivity contribution in [1.82, 2.24) is 24.9 Å².